The maximum atomic E-state index is 6.01. The molecule has 0 spiro atoms. The van der Waals surface area contributed by atoms with Crippen molar-refractivity contribution in [1.82, 2.24) is 15.0 Å². The van der Waals surface area contributed by atoms with Crippen molar-refractivity contribution in [1.29, 1.82) is 0 Å². The van der Waals surface area contributed by atoms with Gasteiger partial charge in [0.2, 0.25) is 11.2 Å². The van der Waals surface area contributed by atoms with Gasteiger partial charge in [-0.15, -0.1) is 0 Å². The second-order valence-corrected chi connectivity index (χ2v) is 5.64. The average Bonchev–Trinajstić information content (AvgIpc) is 3.29. The number of ether oxygens (including phenoxy) is 2. The Morgan fingerprint density at radius 2 is 2.05 bits per heavy atom. The van der Waals surface area contributed by atoms with Crippen LogP contribution >= 0.6 is 11.6 Å². The van der Waals surface area contributed by atoms with Gasteiger partial charge in [-0.05, 0) is 43.7 Å². The smallest absolute Gasteiger partial charge is 0.322 e. The molecule has 1 atom stereocenters. The standard InChI is InChI=1S/C14H23ClN4O2/c1-4-8-21-14-17-12(15)16-13(18-14)19(7-9-20-3)10(2)11-5-6-11/h10-11H,4-9H2,1-3H3. The van der Waals surface area contributed by atoms with Gasteiger partial charge < -0.3 is 14.4 Å². The summed E-state index contributed by atoms with van der Waals surface area (Å²) in [5.41, 5.74) is 0. The van der Waals surface area contributed by atoms with Crippen molar-refractivity contribution in [2.24, 2.45) is 5.92 Å². The van der Waals surface area contributed by atoms with Crippen LogP contribution in [0.2, 0.25) is 5.28 Å². The van der Waals surface area contributed by atoms with Crippen LogP contribution in [0.3, 0.4) is 0 Å². The molecule has 2 rings (SSSR count). The molecule has 0 aliphatic heterocycles. The monoisotopic (exact) mass is 314 g/mol. The van der Waals surface area contributed by atoms with E-state index in [0.717, 1.165) is 13.0 Å². The van der Waals surface area contributed by atoms with Crippen LogP contribution in [0.25, 0.3) is 0 Å². The molecule has 0 bridgehead atoms. The maximum absolute atomic E-state index is 6.01. The van der Waals surface area contributed by atoms with Crippen LogP contribution in [0.5, 0.6) is 6.01 Å². The highest BCUT2D eigenvalue weighted by Gasteiger charge is 2.33. The van der Waals surface area contributed by atoms with Gasteiger partial charge in [0, 0.05) is 19.7 Å². The fourth-order valence-corrected chi connectivity index (χ4v) is 2.36. The molecule has 1 fully saturated rings. The van der Waals surface area contributed by atoms with Gasteiger partial charge in [-0.25, -0.2) is 0 Å². The van der Waals surface area contributed by atoms with Crippen LogP contribution in [0.4, 0.5) is 5.95 Å². The van der Waals surface area contributed by atoms with E-state index in [1.807, 2.05) is 6.92 Å². The number of halogens is 1. The minimum Gasteiger partial charge on any atom is -0.463 e. The van der Waals surface area contributed by atoms with Gasteiger partial charge in [0.25, 0.3) is 0 Å². The molecule has 1 aromatic rings. The molecule has 1 unspecified atom stereocenters. The Morgan fingerprint density at radius 1 is 1.29 bits per heavy atom. The number of hydrogen-bond acceptors (Lipinski definition) is 6. The third-order valence-electron chi connectivity index (χ3n) is 3.60. The topological polar surface area (TPSA) is 60.4 Å². The Labute approximate surface area is 130 Å². The Kier molecular flexibility index (Phi) is 5.99. The largest absolute Gasteiger partial charge is 0.463 e. The van der Waals surface area contributed by atoms with E-state index in [2.05, 4.69) is 26.8 Å². The van der Waals surface area contributed by atoms with Crippen LogP contribution in [-0.4, -0.2) is 47.9 Å². The Bertz CT molecular complexity index is 457. The van der Waals surface area contributed by atoms with Gasteiger partial charge >= 0.3 is 6.01 Å². The normalized spacial score (nSPS) is 15.8. The predicted octanol–water partition coefficient (Wildman–Crippen LogP) is 2.57. The molecule has 1 saturated carbocycles. The Balaban J connectivity index is 2.18. The van der Waals surface area contributed by atoms with Crippen molar-refractivity contribution in [3.8, 4) is 6.01 Å². The minimum absolute atomic E-state index is 0.163. The van der Waals surface area contributed by atoms with Crippen LogP contribution in [-0.2, 0) is 4.74 Å². The molecule has 1 aliphatic rings. The third kappa shape index (κ3) is 4.68. The summed E-state index contributed by atoms with van der Waals surface area (Å²) in [6, 6.07) is 0.648. The highest BCUT2D eigenvalue weighted by molar-refractivity contribution is 6.28. The average molecular weight is 315 g/mol. The van der Waals surface area contributed by atoms with E-state index in [9.17, 15) is 0 Å². The zero-order chi connectivity index (χ0) is 15.2. The first kappa shape index (κ1) is 16.2. The summed E-state index contributed by atoms with van der Waals surface area (Å²) >= 11 is 6.01. The Morgan fingerprint density at radius 3 is 2.67 bits per heavy atom. The number of anilines is 1. The van der Waals surface area contributed by atoms with E-state index in [1.54, 1.807) is 7.11 Å². The van der Waals surface area contributed by atoms with Crippen molar-refractivity contribution in [3.63, 3.8) is 0 Å². The number of rotatable bonds is 9. The molecular weight excluding hydrogens is 292 g/mol. The number of hydrogen-bond donors (Lipinski definition) is 0. The molecule has 1 heterocycles. The first-order valence-electron chi connectivity index (χ1n) is 7.45. The summed E-state index contributed by atoms with van der Waals surface area (Å²) in [6.07, 6.45) is 3.40. The molecule has 0 aromatic carbocycles. The van der Waals surface area contributed by atoms with E-state index in [-0.39, 0.29) is 11.3 Å². The summed E-state index contributed by atoms with van der Waals surface area (Å²) in [5, 5.41) is 0.163. The van der Waals surface area contributed by atoms with E-state index in [1.165, 1.54) is 12.8 Å². The second-order valence-electron chi connectivity index (χ2n) is 5.30. The molecule has 0 radical (unpaired) electrons. The van der Waals surface area contributed by atoms with Crippen LogP contribution < -0.4 is 9.64 Å². The first-order chi connectivity index (χ1) is 10.2. The fourth-order valence-electron chi connectivity index (χ4n) is 2.22. The SMILES string of the molecule is CCCOc1nc(Cl)nc(N(CCOC)C(C)C2CC2)n1. The summed E-state index contributed by atoms with van der Waals surface area (Å²) < 4.78 is 10.7. The van der Waals surface area contributed by atoms with Crippen molar-refractivity contribution in [3.05, 3.63) is 5.28 Å². The van der Waals surface area contributed by atoms with Gasteiger partial charge in [-0.2, -0.15) is 15.0 Å². The molecule has 118 valence electrons. The molecule has 6 nitrogen and oxygen atoms in total. The molecular formula is C14H23ClN4O2. The maximum Gasteiger partial charge on any atom is 0.322 e. The molecule has 7 heteroatoms. The predicted molar refractivity (Wildman–Crippen MR) is 82.0 cm³/mol. The quantitative estimate of drug-likeness (QED) is 0.698. The number of nitrogens with zero attached hydrogens (tertiary/aromatic N) is 4. The summed E-state index contributed by atoms with van der Waals surface area (Å²) in [6.45, 7) is 6.13. The van der Waals surface area contributed by atoms with Gasteiger partial charge in [0.15, 0.2) is 0 Å². The fraction of sp³-hybridized carbons (Fsp3) is 0.786. The van der Waals surface area contributed by atoms with Crippen LogP contribution in [0, 0.1) is 5.92 Å². The molecule has 0 N–H and O–H groups in total. The molecule has 0 saturated heterocycles. The lowest BCUT2D eigenvalue weighted by atomic mass is 10.2. The molecule has 1 aliphatic carbocycles. The van der Waals surface area contributed by atoms with Crippen molar-refractivity contribution < 1.29 is 9.47 Å². The summed E-state index contributed by atoms with van der Waals surface area (Å²) in [4.78, 5) is 14.8. The van der Waals surface area contributed by atoms with E-state index < -0.39 is 0 Å². The lowest BCUT2D eigenvalue weighted by Crippen LogP contribution is -2.38. The highest BCUT2D eigenvalue weighted by atomic mass is 35.5. The van der Waals surface area contributed by atoms with E-state index >= 15 is 0 Å². The van der Waals surface area contributed by atoms with Crippen LogP contribution in [0.15, 0.2) is 0 Å². The zero-order valence-electron chi connectivity index (χ0n) is 12.9. The van der Waals surface area contributed by atoms with Crippen LogP contribution in [0.1, 0.15) is 33.1 Å². The van der Waals surface area contributed by atoms with Crippen molar-refractivity contribution in [2.45, 2.75) is 39.2 Å². The van der Waals surface area contributed by atoms with Crippen molar-refractivity contribution in [2.75, 3.05) is 31.8 Å². The zero-order valence-corrected chi connectivity index (χ0v) is 13.6. The first-order valence-corrected chi connectivity index (χ1v) is 7.83. The second kappa shape index (κ2) is 7.75. The molecule has 21 heavy (non-hydrogen) atoms. The summed E-state index contributed by atoms with van der Waals surface area (Å²) in [5.74, 6) is 1.26. The summed E-state index contributed by atoms with van der Waals surface area (Å²) in [7, 11) is 1.69. The van der Waals surface area contributed by atoms with E-state index in [4.69, 9.17) is 21.1 Å². The Hall–Kier alpha value is -1.14. The highest BCUT2D eigenvalue weighted by Crippen LogP contribution is 2.36. The molecule has 1 aromatic heterocycles. The van der Waals surface area contributed by atoms with Gasteiger partial charge in [-0.1, -0.05) is 6.92 Å². The van der Waals surface area contributed by atoms with Gasteiger partial charge in [0.1, 0.15) is 0 Å². The lowest BCUT2D eigenvalue weighted by molar-refractivity contribution is 0.202. The third-order valence-corrected chi connectivity index (χ3v) is 3.77. The van der Waals surface area contributed by atoms with Gasteiger partial charge in [-0.3, -0.25) is 0 Å². The number of methoxy groups -OCH3 is 1. The molecule has 0 amide bonds. The van der Waals surface area contributed by atoms with Crippen molar-refractivity contribution >= 4 is 17.5 Å². The lowest BCUT2D eigenvalue weighted by Gasteiger charge is -2.29. The minimum atomic E-state index is 0.163. The van der Waals surface area contributed by atoms with Gasteiger partial charge in [0.05, 0.1) is 13.2 Å². The number of aromatic nitrogens is 3. The van der Waals surface area contributed by atoms with E-state index in [0.29, 0.717) is 31.1 Å².